The monoisotopic (exact) mass is 706 g/mol. The number of aromatic nitrogens is 1. The lowest BCUT2D eigenvalue weighted by molar-refractivity contribution is 0.0995. The molecule has 0 unspecified atom stereocenters. The van der Waals surface area contributed by atoms with Crippen molar-refractivity contribution < 1.29 is 14.3 Å². The Balaban J connectivity index is 1.68. The van der Waals surface area contributed by atoms with Crippen LogP contribution in [-0.2, 0) is 16.5 Å². The Morgan fingerprint density at radius 3 is 2.06 bits per heavy atom. The van der Waals surface area contributed by atoms with E-state index >= 15 is 4.79 Å². The highest BCUT2D eigenvalue weighted by Crippen LogP contribution is 2.54. The summed E-state index contributed by atoms with van der Waals surface area (Å²) in [5.74, 6) is 1.12. The fourth-order valence-corrected chi connectivity index (χ4v) is 7.11. The quantitative estimate of drug-likeness (QED) is 0.258. The van der Waals surface area contributed by atoms with E-state index in [4.69, 9.17) is 32.9 Å². The standard InChI is InChI=1S/C38H48Cl2N6O3/c1-9-49-32-30(22-41-23-31(32)36(4,5)6)33-44-37(7,25-10-14-27(39)15-11-25)38(8,26-12-16-28(40)17-13-26)46(33)35(48)45-20-18-29(19-21-45)43-34(47)42-24(2)3/h10-17,22-24,29H,9,18-21H2,1-8H3,(H2,42,43,47)/t37-,38+/m0/s1. The minimum absolute atomic E-state index is 0.0305. The van der Waals surface area contributed by atoms with Crippen molar-refractivity contribution in [2.45, 2.75) is 96.8 Å². The number of benzene rings is 2. The van der Waals surface area contributed by atoms with Crippen molar-refractivity contribution in [2.75, 3.05) is 19.7 Å². The van der Waals surface area contributed by atoms with Gasteiger partial charge in [-0.05, 0) is 88.3 Å². The second kappa shape index (κ2) is 14.2. The number of halogens is 2. The summed E-state index contributed by atoms with van der Waals surface area (Å²) in [6, 6.07) is 14.9. The zero-order valence-electron chi connectivity index (χ0n) is 29.7. The highest BCUT2D eigenvalue weighted by Gasteiger charge is 2.60. The first-order valence-electron chi connectivity index (χ1n) is 17.0. The van der Waals surface area contributed by atoms with E-state index in [1.807, 2.05) is 85.3 Å². The zero-order chi connectivity index (χ0) is 35.7. The lowest BCUT2D eigenvalue weighted by Crippen LogP contribution is -2.60. The summed E-state index contributed by atoms with van der Waals surface area (Å²) in [6.45, 7) is 17.6. The molecule has 2 aliphatic heterocycles. The Morgan fingerprint density at radius 1 is 0.959 bits per heavy atom. The molecule has 11 heteroatoms. The molecule has 2 N–H and O–H groups in total. The Labute approximate surface area is 300 Å². The molecule has 0 saturated carbocycles. The van der Waals surface area contributed by atoms with E-state index in [9.17, 15) is 4.79 Å². The number of pyridine rings is 1. The van der Waals surface area contributed by atoms with Crippen molar-refractivity contribution in [1.82, 2.24) is 25.4 Å². The van der Waals surface area contributed by atoms with Crippen LogP contribution in [0.25, 0.3) is 0 Å². The maximum absolute atomic E-state index is 15.2. The number of aliphatic imine (C=N–C) groups is 1. The third-order valence-corrected chi connectivity index (χ3v) is 10.2. The van der Waals surface area contributed by atoms with Crippen LogP contribution in [0.1, 0.15) is 90.5 Å². The average Bonchev–Trinajstić information content (AvgIpc) is 3.29. The second-order valence-corrected chi connectivity index (χ2v) is 15.4. The summed E-state index contributed by atoms with van der Waals surface area (Å²) >= 11 is 12.8. The number of urea groups is 2. The molecule has 1 aromatic heterocycles. The maximum Gasteiger partial charge on any atom is 0.326 e. The number of nitrogens with one attached hydrogen (secondary N) is 2. The van der Waals surface area contributed by atoms with Crippen LogP contribution < -0.4 is 15.4 Å². The Morgan fingerprint density at radius 2 is 1.53 bits per heavy atom. The van der Waals surface area contributed by atoms with Gasteiger partial charge >= 0.3 is 12.1 Å². The lowest BCUT2D eigenvalue weighted by Gasteiger charge is -2.47. The van der Waals surface area contributed by atoms with Gasteiger partial charge in [0.2, 0.25) is 0 Å². The van der Waals surface area contributed by atoms with Gasteiger partial charge in [0, 0.05) is 53.2 Å². The number of piperidine rings is 1. The van der Waals surface area contributed by atoms with Crippen molar-refractivity contribution in [3.63, 3.8) is 0 Å². The number of hydrogen-bond acceptors (Lipinski definition) is 5. The first-order chi connectivity index (χ1) is 23.1. The van der Waals surface area contributed by atoms with Crippen LogP contribution in [0.3, 0.4) is 0 Å². The van der Waals surface area contributed by atoms with Crippen molar-refractivity contribution in [1.29, 1.82) is 0 Å². The number of amides is 4. The SMILES string of the molecule is CCOc1c(C2=N[C@@](C)(c3ccc(Cl)cc3)[C@@](C)(c3ccc(Cl)cc3)N2C(=O)N2CCC(NC(=O)NC(C)C)CC2)cncc1C(C)(C)C. The molecular weight excluding hydrogens is 659 g/mol. The molecule has 2 atom stereocenters. The fourth-order valence-electron chi connectivity index (χ4n) is 6.86. The van der Waals surface area contributed by atoms with Gasteiger partial charge in [-0.3, -0.25) is 14.9 Å². The molecule has 5 rings (SSSR count). The molecule has 0 radical (unpaired) electrons. The highest BCUT2D eigenvalue weighted by molar-refractivity contribution is 6.30. The van der Waals surface area contributed by atoms with Crippen molar-refractivity contribution in [3.05, 3.63) is 93.2 Å². The Bertz CT molecular complexity index is 1700. The Kier molecular flexibility index (Phi) is 10.6. The van der Waals surface area contributed by atoms with Crippen LogP contribution >= 0.6 is 23.2 Å². The molecule has 4 amide bonds. The molecule has 49 heavy (non-hydrogen) atoms. The van der Waals surface area contributed by atoms with Crippen LogP contribution in [0.15, 0.2) is 65.9 Å². The normalized spacial score (nSPS) is 21.5. The number of hydrogen-bond donors (Lipinski definition) is 2. The van der Waals surface area contributed by atoms with Gasteiger partial charge in [0.15, 0.2) is 0 Å². The van der Waals surface area contributed by atoms with Crippen LogP contribution in [0, 0.1) is 0 Å². The molecule has 2 aliphatic rings. The highest BCUT2D eigenvalue weighted by atomic mass is 35.5. The van der Waals surface area contributed by atoms with Crippen LogP contribution in [-0.4, -0.2) is 64.5 Å². The van der Waals surface area contributed by atoms with E-state index in [-0.39, 0.29) is 29.6 Å². The summed E-state index contributed by atoms with van der Waals surface area (Å²) in [5, 5.41) is 7.16. The number of likely N-dealkylation sites (tertiary alicyclic amines) is 1. The largest absolute Gasteiger partial charge is 0.493 e. The van der Waals surface area contributed by atoms with Gasteiger partial charge in [0.05, 0.1) is 12.2 Å². The maximum atomic E-state index is 15.2. The molecule has 1 saturated heterocycles. The molecule has 3 aromatic rings. The zero-order valence-corrected chi connectivity index (χ0v) is 31.2. The molecule has 262 valence electrons. The predicted molar refractivity (Wildman–Crippen MR) is 197 cm³/mol. The Hall–Kier alpha value is -3.82. The van der Waals surface area contributed by atoms with Crippen molar-refractivity contribution in [2.24, 2.45) is 4.99 Å². The van der Waals surface area contributed by atoms with Gasteiger partial charge in [-0.25, -0.2) is 9.59 Å². The van der Waals surface area contributed by atoms with Gasteiger partial charge in [-0.1, -0.05) is 68.2 Å². The van der Waals surface area contributed by atoms with Gasteiger partial charge in [-0.2, -0.15) is 0 Å². The number of carbonyl (C=O) groups is 2. The molecule has 3 heterocycles. The van der Waals surface area contributed by atoms with E-state index in [1.54, 1.807) is 6.20 Å². The van der Waals surface area contributed by atoms with Crippen LogP contribution in [0.4, 0.5) is 9.59 Å². The van der Waals surface area contributed by atoms with E-state index in [0.29, 0.717) is 59.7 Å². The third kappa shape index (κ3) is 7.11. The van der Waals surface area contributed by atoms with Crippen LogP contribution in [0.2, 0.25) is 10.0 Å². The van der Waals surface area contributed by atoms with Gasteiger partial charge < -0.3 is 20.3 Å². The lowest BCUT2D eigenvalue weighted by atomic mass is 9.71. The van der Waals surface area contributed by atoms with Gasteiger partial charge in [0.1, 0.15) is 22.7 Å². The summed E-state index contributed by atoms with van der Waals surface area (Å²) in [7, 11) is 0. The summed E-state index contributed by atoms with van der Waals surface area (Å²) in [6.07, 6.45) is 4.82. The van der Waals surface area contributed by atoms with Gasteiger partial charge in [0.25, 0.3) is 0 Å². The number of rotatable bonds is 7. The predicted octanol–water partition coefficient (Wildman–Crippen LogP) is 8.27. The minimum Gasteiger partial charge on any atom is -0.493 e. The second-order valence-electron chi connectivity index (χ2n) is 14.5. The van der Waals surface area contributed by atoms with Crippen LogP contribution in [0.5, 0.6) is 5.75 Å². The van der Waals surface area contributed by atoms with E-state index < -0.39 is 11.1 Å². The summed E-state index contributed by atoms with van der Waals surface area (Å²) < 4.78 is 6.38. The topological polar surface area (TPSA) is 99.2 Å². The molecule has 0 spiro atoms. The van der Waals surface area contributed by atoms with Gasteiger partial charge in [-0.15, -0.1) is 0 Å². The first kappa shape index (κ1) is 36.5. The summed E-state index contributed by atoms with van der Waals surface area (Å²) in [5.41, 5.74) is 0.999. The minimum atomic E-state index is -1.04. The number of carbonyl (C=O) groups excluding carboxylic acids is 2. The molecule has 0 aliphatic carbocycles. The first-order valence-corrected chi connectivity index (χ1v) is 17.8. The molecule has 0 bridgehead atoms. The van der Waals surface area contributed by atoms with Crippen molar-refractivity contribution in [3.8, 4) is 5.75 Å². The summed E-state index contributed by atoms with van der Waals surface area (Å²) in [4.78, 5) is 41.5. The van der Waals surface area contributed by atoms with E-state index in [0.717, 1.165) is 16.7 Å². The van der Waals surface area contributed by atoms with E-state index in [1.165, 1.54) is 0 Å². The average molecular weight is 708 g/mol. The molecule has 2 aromatic carbocycles. The third-order valence-electron chi connectivity index (χ3n) is 9.69. The smallest absolute Gasteiger partial charge is 0.326 e. The fraction of sp³-hybridized carbons (Fsp3) is 0.474. The number of amidine groups is 1. The molecular formula is C38H48Cl2N6O3. The number of ether oxygens (including phenoxy) is 1. The molecule has 1 fully saturated rings. The number of nitrogens with zero attached hydrogens (tertiary/aromatic N) is 4. The van der Waals surface area contributed by atoms with Crippen molar-refractivity contribution >= 4 is 41.1 Å². The van der Waals surface area contributed by atoms with E-state index in [2.05, 4.69) is 50.2 Å². The molecule has 9 nitrogen and oxygen atoms in total.